The van der Waals surface area contributed by atoms with E-state index in [1.54, 1.807) is 0 Å². The van der Waals surface area contributed by atoms with E-state index >= 15 is 0 Å². The number of rotatable bonds is 3. The van der Waals surface area contributed by atoms with Crippen molar-refractivity contribution in [3.8, 4) is 0 Å². The molecule has 0 saturated heterocycles. The third-order valence-corrected chi connectivity index (χ3v) is 1.64. The number of hydrogen-bond donors (Lipinski definition) is 0. The molecule has 0 aliphatic heterocycles. The van der Waals surface area contributed by atoms with Crippen molar-refractivity contribution in [1.29, 1.82) is 0 Å². The van der Waals surface area contributed by atoms with Crippen LogP contribution in [-0.4, -0.2) is 18.2 Å². The molecule has 1 atom stereocenters. The smallest absolute Gasteiger partial charge is 0 e. The molecular weight excluding hydrogens is 287 g/mol. The minimum Gasteiger partial charge on any atom is -0.678 e. The molecule has 0 heterocycles. The first-order chi connectivity index (χ1) is 5.67. The van der Waals surface area contributed by atoms with Gasteiger partial charge in [-0.25, -0.2) is 6.17 Å². The predicted molar refractivity (Wildman–Crippen MR) is 79.5 cm³/mol. The van der Waals surface area contributed by atoms with Gasteiger partial charge >= 0.3 is 0 Å². The first kappa shape index (κ1) is 30.7. The van der Waals surface area contributed by atoms with Crippen LogP contribution in [0.25, 0.3) is 10.6 Å². The Hall–Kier alpha value is 0.803. The van der Waals surface area contributed by atoms with Crippen LogP contribution < -0.4 is 0 Å². The molecule has 0 radical (unpaired) electrons. The van der Waals surface area contributed by atoms with Crippen LogP contribution >= 0.6 is 0 Å². The van der Waals surface area contributed by atoms with Gasteiger partial charge in [0.05, 0.1) is 0 Å². The van der Waals surface area contributed by atoms with Gasteiger partial charge in [-0.2, -0.15) is 6.54 Å². The van der Waals surface area contributed by atoms with Crippen molar-refractivity contribution in [3.05, 3.63) is 32.9 Å². The van der Waals surface area contributed by atoms with Gasteiger partial charge in [-0.05, 0) is 0 Å². The Morgan fingerprint density at radius 3 is 1.41 bits per heavy atom. The van der Waals surface area contributed by atoms with Crippen LogP contribution in [0, 0.1) is 27.7 Å². The van der Waals surface area contributed by atoms with Crippen molar-refractivity contribution in [2.45, 2.75) is 60.2 Å². The van der Waals surface area contributed by atoms with Crippen molar-refractivity contribution < 1.29 is 26.2 Å². The minimum atomic E-state index is 0. The molecule has 0 bridgehead atoms. The van der Waals surface area contributed by atoms with Gasteiger partial charge in [0.15, 0.2) is 0 Å². The molecule has 0 fully saturated rings. The minimum absolute atomic E-state index is 0. The van der Waals surface area contributed by atoms with Gasteiger partial charge in [-0.3, -0.25) is 0 Å². The topological polar surface area (TPSA) is 28.2 Å². The average molecular weight is 321 g/mol. The largest absolute Gasteiger partial charge is 0.678 e. The molecule has 0 aromatic rings. The Kier molecular flexibility index (Phi) is 21.4. The summed E-state index contributed by atoms with van der Waals surface area (Å²) in [6.45, 7) is 15.8. The Labute approximate surface area is 131 Å². The molecule has 0 aliphatic rings. The fourth-order valence-corrected chi connectivity index (χ4v) is 1.05. The molecule has 1 unspecified atom stereocenters. The van der Waals surface area contributed by atoms with Crippen molar-refractivity contribution >= 4 is 0 Å². The van der Waals surface area contributed by atoms with Crippen molar-refractivity contribution in [2.24, 2.45) is 5.41 Å². The monoisotopic (exact) mass is 319 g/mol. The van der Waals surface area contributed by atoms with E-state index in [9.17, 15) is 0 Å². The van der Waals surface area contributed by atoms with Gasteiger partial charge in [0, 0.05) is 26.2 Å². The zero-order chi connectivity index (χ0) is 10.7. The molecule has 108 valence electrons. The molecule has 17 heavy (non-hydrogen) atoms. The first-order valence-corrected chi connectivity index (χ1v) is 5.05. The van der Waals surface area contributed by atoms with E-state index in [1.807, 2.05) is 0 Å². The third kappa shape index (κ3) is 16.8. The van der Waals surface area contributed by atoms with E-state index in [2.05, 4.69) is 53.8 Å². The van der Waals surface area contributed by atoms with Crippen LogP contribution in [0.15, 0.2) is 0 Å². The maximum atomic E-state index is 4.70. The molecule has 0 spiro atoms. The molecular formula is C14H33N2Zr-5. The summed E-state index contributed by atoms with van der Waals surface area (Å²) in [5.41, 5.74) is 0.153. The number of nitrogens with zero attached hydrogens (tertiary/aromatic N) is 2. The summed E-state index contributed by atoms with van der Waals surface area (Å²) < 4.78 is 0. The van der Waals surface area contributed by atoms with Crippen molar-refractivity contribution in [3.63, 3.8) is 0 Å². The Morgan fingerprint density at radius 2 is 1.24 bits per heavy atom. The quantitative estimate of drug-likeness (QED) is 0.634. The van der Waals surface area contributed by atoms with E-state index in [0.29, 0.717) is 0 Å². The van der Waals surface area contributed by atoms with Gasteiger partial charge in [0.25, 0.3) is 0 Å². The third-order valence-electron chi connectivity index (χ3n) is 1.64. The maximum Gasteiger partial charge on any atom is 0 e. The molecule has 3 heteroatoms. The van der Waals surface area contributed by atoms with Gasteiger partial charge in [0.2, 0.25) is 0 Å². The maximum absolute atomic E-state index is 4.70. The molecule has 0 aromatic carbocycles. The Morgan fingerprint density at radius 1 is 0.882 bits per heavy atom. The standard InChI is InChI=1S/C11H24N2.3CH3.Zr/c1-8-12-9(10(2,3)4)13-11(5,6)7;;;;/h9H,8H2,1-7H3;3*1H3;/q-2;3*-1;. The van der Waals surface area contributed by atoms with Gasteiger partial charge in [-0.1, -0.05) is 53.9 Å². The van der Waals surface area contributed by atoms with Gasteiger partial charge in [0.1, 0.15) is 0 Å². The summed E-state index contributed by atoms with van der Waals surface area (Å²) in [5.74, 6) is 0. The Balaban J connectivity index is -0.000000120. The second-order valence-corrected chi connectivity index (χ2v) is 5.54. The van der Waals surface area contributed by atoms with Crippen LogP contribution in [0.4, 0.5) is 0 Å². The summed E-state index contributed by atoms with van der Waals surface area (Å²) in [5, 5.41) is 9.22. The average Bonchev–Trinajstić information content (AvgIpc) is 1.81. The summed E-state index contributed by atoms with van der Waals surface area (Å²) in [6.07, 6.45) is 0.123. The molecule has 0 aliphatic carbocycles. The summed E-state index contributed by atoms with van der Waals surface area (Å²) in [4.78, 5) is 0. The molecule has 2 nitrogen and oxygen atoms in total. The summed E-state index contributed by atoms with van der Waals surface area (Å²) in [7, 11) is 0. The van der Waals surface area contributed by atoms with Crippen molar-refractivity contribution in [1.82, 2.24) is 0 Å². The van der Waals surface area contributed by atoms with Crippen molar-refractivity contribution in [2.75, 3.05) is 6.54 Å². The normalized spacial score (nSPS) is 12.2. The molecule has 0 saturated carbocycles. The van der Waals surface area contributed by atoms with Crippen LogP contribution in [0.2, 0.25) is 0 Å². The Bertz CT molecular complexity index is 145. The summed E-state index contributed by atoms with van der Waals surface area (Å²) in [6, 6.07) is 0. The van der Waals surface area contributed by atoms with E-state index in [4.69, 9.17) is 5.32 Å². The molecule has 0 aromatic heterocycles. The molecule has 0 N–H and O–H groups in total. The van der Waals surface area contributed by atoms with Crippen LogP contribution in [0.5, 0.6) is 0 Å². The predicted octanol–water partition coefficient (Wildman–Crippen LogP) is 5.27. The molecule has 0 rings (SSSR count). The first-order valence-electron chi connectivity index (χ1n) is 5.05. The van der Waals surface area contributed by atoms with Crippen LogP contribution in [0.3, 0.4) is 0 Å². The second-order valence-electron chi connectivity index (χ2n) is 5.54. The zero-order valence-corrected chi connectivity index (χ0v) is 16.1. The van der Waals surface area contributed by atoms with E-state index in [0.717, 1.165) is 6.54 Å². The fourth-order valence-electron chi connectivity index (χ4n) is 1.05. The van der Waals surface area contributed by atoms with E-state index in [-0.39, 0.29) is 65.6 Å². The van der Waals surface area contributed by atoms with E-state index < -0.39 is 0 Å². The number of hydrogen-bond acceptors (Lipinski definition) is 0. The van der Waals surface area contributed by atoms with Gasteiger partial charge in [-0.15, -0.1) is 5.54 Å². The van der Waals surface area contributed by atoms with Gasteiger partial charge < -0.3 is 32.9 Å². The molecule has 0 amide bonds. The van der Waals surface area contributed by atoms with E-state index in [1.165, 1.54) is 0 Å². The van der Waals surface area contributed by atoms with Crippen LogP contribution in [-0.2, 0) is 26.2 Å². The van der Waals surface area contributed by atoms with Crippen LogP contribution in [0.1, 0.15) is 48.5 Å². The zero-order valence-electron chi connectivity index (χ0n) is 13.7. The SMILES string of the molecule is CC[N-]C([N-]C(C)(C)C)C(C)(C)C.[CH3-].[CH3-].[CH3-].[Zr]. The second kappa shape index (κ2) is 11.9. The summed E-state index contributed by atoms with van der Waals surface area (Å²) >= 11 is 0. The fraction of sp³-hybridized carbons (Fsp3) is 0.786.